The molecule has 0 radical (unpaired) electrons. The number of hydrogen-bond donors (Lipinski definition) is 1. The molecular weight excluding hydrogens is 310 g/mol. The van der Waals surface area contributed by atoms with Crippen LogP contribution in [-0.4, -0.2) is 31.2 Å². The van der Waals surface area contributed by atoms with Gasteiger partial charge in [0.1, 0.15) is 5.75 Å². The Labute approximate surface area is 138 Å². The number of cyclic esters (lactones) is 1. The van der Waals surface area contributed by atoms with Crippen LogP contribution in [0.2, 0.25) is 0 Å². The third-order valence-electron chi connectivity index (χ3n) is 3.47. The minimum atomic E-state index is -0.581. The molecular formula is C18H15NO5. The largest absolute Gasteiger partial charge is 0.507 e. The van der Waals surface area contributed by atoms with Gasteiger partial charge < -0.3 is 19.3 Å². The molecule has 2 aromatic carbocycles. The van der Waals surface area contributed by atoms with Crippen molar-refractivity contribution < 1.29 is 24.1 Å². The van der Waals surface area contributed by atoms with Crippen molar-refractivity contribution >= 4 is 17.9 Å². The van der Waals surface area contributed by atoms with Gasteiger partial charge in [0.2, 0.25) is 5.90 Å². The van der Waals surface area contributed by atoms with Crippen molar-refractivity contribution in [2.75, 3.05) is 14.2 Å². The first-order chi connectivity index (χ1) is 11.6. The molecule has 0 aromatic heterocycles. The third kappa shape index (κ3) is 2.94. The number of rotatable bonds is 4. The SMILES string of the molecule is COc1ccc(/C=C2/N=C(c3ccccc3O)OC2=O)cc1OC. The summed E-state index contributed by atoms with van der Waals surface area (Å²) in [6.07, 6.45) is 1.58. The van der Waals surface area contributed by atoms with E-state index < -0.39 is 5.97 Å². The number of nitrogens with zero attached hydrogens (tertiary/aromatic N) is 1. The molecule has 1 aliphatic heterocycles. The molecule has 2 aromatic rings. The van der Waals surface area contributed by atoms with Gasteiger partial charge in [0.25, 0.3) is 0 Å². The number of carbonyl (C=O) groups excluding carboxylic acids is 1. The quantitative estimate of drug-likeness (QED) is 0.691. The van der Waals surface area contributed by atoms with Crippen LogP contribution in [0.4, 0.5) is 0 Å². The Hall–Kier alpha value is -3.28. The molecule has 1 heterocycles. The highest BCUT2D eigenvalue weighted by Crippen LogP contribution is 2.29. The molecule has 3 rings (SSSR count). The molecule has 0 atom stereocenters. The van der Waals surface area contributed by atoms with Gasteiger partial charge in [-0.25, -0.2) is 9.79 Å². The van der Waals surface area contributed by atoms with E-state index >= 15 is 0 Å². The number of para-hydroxylation sites is 1. The van der Waals surface area contributed by atoms with Crippen LogP contribution in [0, 0.1) is 0 Å². The first-order valence-corrected chi connectivity index (χ1v) is 7.15. The fraction of sp³-hybridized carbons (Fsp3) is 0.111. The topological polar surface area (TPSA) is 77.4 Å². The maximum atomic E-state index is 12.0. The van der Waals surface area contributed by atoms with Gasteiger partial charge in [0.05, 0.1) is 19.8 Å². The van der Waals surface area contributed by atoms with E-state index in [1.807, 2.05) is 0 Å². The van der Waals surface area contributed by atoms with E-state index in [1.165, 1.54) is 13.2 Å². The van der Waals surface area contributed by atoms with E-state index in [2.05, 4.69) is 4.99 Å². The zero-order valence-electron chi connectivity index (χ0n) is 13.1. The van der Waals surface area contributed by atoms with Crippen molar-refractivity contribution in [2.24, 2.45) is 4.99 Å². The summed E-state index contributed by atoms with van der Waals surface area (Å²) < 4.78 is 15.6. The number of hydrogen-bond acceptors (Lipinski definition) is 6. The average Bonchev–Trinajstić information content (AvgIpc) is 2.95. The number of esters is 1. The molecule has 0 amide bonds. The highest BCUT2D eigenvalue weighted by atomic mass is 16.6. The van der Waals surface area contributed by atoms with Crippen LogP contribution < -0.4 is 9.47 Å². The predicted octanol–water partition coefficient (Wildman–Crippen LogP) is 2.75. The summed E-state index contributed by atoms with van der Waals surface area (Å²) in [5.41, 5.74) is 1.21. The monoisotopic (exact) mass is 325 g/mol. The van der Waals surface area contributed by atoms with Crippen LogP contribution in [-0.2, 0) is 9.53 Å². The Morgan fingerprint density at radius 1 is 1.08 bits per heavy atom. The standard InChI is InChI=1S/C18H15NO5/c1-22-15-8-7-11(10-16(15)23-2)9-13-18(21)24-17(19-13)12-5-3-4-6-14(12)20/h3-10,20H,1-2H3/b13-9+. The maximum absolute atomic E-state index is 12.0. The number of ether oxygens (including phenoxy) is 3. The summed E-state index contributed by atoms with van der Waals surface area (Å²) in [5.74, 6) is 0.624. The molecule has 6 nitrogen and oxygen atoms in total. The van der Waals surface area contributed by atoms with Crippen molar-refractivity contribution in [1.29, 1.82) is 0 Å². The van der Waals surface area contributed by atoms with E-state index in [-0.39, 0.29) is 17.3 Å². The van der Waals surface area contributed by atoms with Crippen molar-refractivity contribution in [3.8, 4) is 17.2 Å². The van der Waals surface area contributed by atoms with Crippen LogP contribution in [0.3, 0.4) is 0 Å². The van der Waals surface area contributed by atoms with Gasteiger partial charge >= 0.3 is 5.97 Å². The van der Waals surface area contributed by atoms with E-state index in [9.17, 15) is 9.90 Å². The number of aliphatic imine (C=N–C) groups is 1. The van der Waals surface area contributed by atoms with Crippen LogP contribution in [0.1, 0.15) is 11.1 Å². The maximum Gasteiger partial charge on any atom is 0.363 e. The van der Waals surface area contributed by atoms with Crippen LogP contribution in [0.5, 0.6) is 17.2 Å². The van der Waals surface area contributed by atoms with Crippen molar-refractivity contribution in [1.82, 2.24) is 0 Å². The predicted molar refractivity (Wildman–Crippen MR) is 88.3 cm³/mol. The molecule has 0 unspecified atom stereocenters. The number of methoxy groups -OCH3 is 2. The highest BCUT2D eigenvalue weighted by Gasteiger charge is 2.25. The minimum Gasteiger partial charge on any atom is -0.507 e. The summed E-state index contributed by atoms with van der Waals surface area (Å²) >= 11 is 0. The number of benzene rings is 2. The lowest BCUT2D eigenvalue weighted by Crippen LogP contribution is -2.05. The van der Waals surface area contributed by atoms with E-state index in [1.54, 1.807) is 49.6 Å². The van der Waals surface area contributed by atoms with Crippen molar-refractivity contribution in [3.63, 3.8) is 0 Å². The van der Waals surface area contributed by atoms with E-state index in [0.717, 1.165) is 0 Å². The van der Waals surface area contributed by atoms with E-state index in [0.29, 0.717) is 22.6 Å². The molecule has 24 heavy (non-hydrogen) atoms. The Morgan fingerprint density at radius 2 is 1.83 bits per heavy atom. The number of carbonyl (C=O) groups is 1. The summed E-state index contributed by atoms with van der Waals surface area (Å²) in [7, 11) is 3.08. The van der Waals surface area contributed by atoms with Crippen LogP contribution >= 0.6 is 0 Å². The Morgan fingerprint density at radius 3 is 2.54 bits per heavy atom. The summed E-state index contributed by atoms with van der Waals surface area (Å²) in [5, 5.41) is 9.84. The number of aromatic hydroxyl groups is 1. The molecule has 0 spiro atoms. The molecule has 1 N–H and O–H groups in total. The first-order valence-electron chi connectivity index (χ1n) is 7.15. The highest BCUT2D eigenvalue weighted by molar-refractivity contribution is 6.13. The van der Waals surface area contributed by atoms with Crippen molar-refractivity contribution in [3.05, 3.63) is 59.3 Å². The third-order valence-corrected chi connectivity index (χ3v) is 3.47. The second-order valence-corrected chi connectivity index (χ2v) is 4.97. The van der Waals surface area contributed by atoms with Gasteiger partial charge in [-0.05, 0) is 35.9 Å². The van der Waals surface area contributed by atoms with E-state index in [4.69, 9.17) is 14.2 Å². The van der Waals surface area contributed by atoms with Gasteiger partial charge in [0.15, 0.2) is 17.2 Å². The smallest absolute Gasteiger partial charge is 0.363 e. The summed E-state index contributed by atoms with van der Waals surface area (Å²) in [6.45, 7) is 0. The zero-order valence-corrected chi connectivity index (χ0v) is 13.1. The zero-order chi connectivity index (χ0) is 17.1. The number of phenols is 1. The fourth-order valence-corrected chi connectivity index (χ4v) is 2.28. The molecule has 0 fully saturated rings. The lowest BCUT2D eigenvalue weighted by molar-refractivity contribution is -0.129. The van der Waals surface area contributed by atoms with Gasteiger partial charge in [-0.1, -0.05) is 18.2 Å². The second kappa shape index (κ2) is 6.45. The molecule has 0 bridgehead atoms. The normalized spacial score (nSPS) is 15.2. The van der Waals surface area contributed by atoms with Gasteiger partial charge in [-0.2, -0.15) is 0 Å². The molecule has 6 heteroatoms. The fourth-order valence-electron chi connectivity index (χ4n) is 2.28. The molecule has 0 saturated heterocycles. The number of phenolic OH excluding ortho intramolecular Hbond substituents is 1. The minimum absolute atomic E-state index is 0.00332. The molecule has 0 aliphatic carbocycles. The lowest BCUT2D eigenvalue weighted by Gasteiger charge is -2.07. The lowest BCUT2D eigenvalue weighted by atomic mass is 10.1. The Bertz CT molecular complexity index is 854. The van der Waals surface area contributed by atoms with Gasteiger partial charge in [-0.15, -0.1) is 0 Å². The first kappa shape index (κ1) is 15.6. The van der Waals surface area contributed by atoms with Crippen LogP contribution in [0.25, 0.3) is 6.08 Å². The summed E-state index contributed by atoms with van der Waals surface area (Å²) in [4.78, 5) is 16.2. The summed E-state index contributed by atoms with van der Waals surface area (Å²) in [6, 6.07) is 11.8. The molecule has 1 aliphatic rings. The molecule has 0 saturated carbocycles. The molecule has 122 valence electrons. The van der Waals surface area contributed by atoms with Gasteiger partial charge in [-0.3, -0.25) is 0 Å². The Kier molecular flexibility index (Phi) is 4.20. The van der Waals surface area contributed by atoms with Crippen molar-refractivity contribution in [2.45, 2.75) is 0 Å². The average molecular weight is 325 g/mol. The Balaban J connectivity index is 1.96. The van der Waals surface area contributed by atoms with Gasteiger partial charge in [0, 0.05) is 0 Å². The second-order valence-electron chi connectivity index (χ2n) is 4.97. The van der Waals surface area contributed by atoms with Crippen LogP contribution in [0.15, 0.2) is 53.2 Å².